The van der Waals surface area contributed by atoms with Crippen LogP contribution >= 0.6 is 0 Å². The molecule has 4 heterocycles. The van der Waals surface area contributed by atoms with E-state index in [2.05, 4.69) is 54.4 Å². The van der Waals surface area contributed by atoms with Gasteiger partial charge < -0.3 is 25.1 Å². The minimum Gasteiger partial charge on any atom is -0.383 e. The number of rotatable bonds is 7. The summed E-state index contributed by atoms with van der Waals surface area (Å²) in [6.07, 6.45) is 9.07. The number of aromatic nitrogens is 3. The van der Waals surface area contributed by atoms with Crippen LogP contribution in [0.1, 0.15) is 12.6 Å². The van der Waals surface area contributed by atoms with Crippen molar-refractivity contribution in [2.24, 2.45) is 15.7 Å². The SMILES string of the molecule is CN=C(N)C(C)=N/C=C/c1cn2ccnc2c(Nc2ccc(N3CCN(C4COC4)CC3)cc2)n1. The van der Waals surface area contributed by atoms with Gasteiger partial charge in [0.15, 0.2) is 11.5 Å². The van der Waals surface area contributed by atoms with E-state index in [1.807, 2.05) is 29.8 Å². The molecule has 2 aromatic heterocycles. The lowest BCUT2D eigenvalue weighted by Gasteiger charge is -2.43. The van der Waals surface area contributed by atoms with Gasteiger partial charge in [-0.1, -0.05) is 0 Å². The molecular weight excluding hydrogens is 442 g/mol. The maximum Gasteiger partial charge on any atom is 0.180 e. The molecule has 0 saturated carbocycles. The van der Waals surface area contributed by atoms with Crippen LogP contribution in [-0.4, -0.2) is 83.3 Å². The van der Waals surface area contributed by atoms with E-state index in [1.165, 1.54) is 5.69 Å². The highest BCUT2D eigenvalue weighted by Crippen LogP contribution is 2.24. The molecule has 0 unspecified atom stereocenters. The van der Waals surface area contributed by atoms with E-state index in [-0.39, 0.29) is 0 Å². The second-order valence-electron chi connectivity index (χ2n) is 8.70. The van der Waals surface area contributed by atoms with Crippen molar-refractivity contribution >= 4 is 40.5 Å². The number of amidine groups is 1. The smallest absolute Gasteiger partial charge is 0.180 e. The van der Waals surface area contributed by atoms with E-state index < -0.39 is 0 Å². The lowest BCUT2D eigenvalue weighted by molar-refractivity contribution is -0.0660. The van der Waals surface area contributed by atoms with Crippen LogP contribution in [-0.2, 0) is 4.74 Å². The second kappa shape index (κ2) is 10.2. The molecular formula is C25H31N9O. The van der Waals surface area contributed by atoms with Crippen LogP contribution in [0.15, 0.2) is 59.0 Å². The maximum atomic E-state index is 5.79. The maximum absolute atomic E-state index is 5.79. The fourth-order valence-electron chi connectivity index (χ4n) is 4.24. The molecule has 0 aliphatic carbocycles. The zero-order valence-corrected chi connectivity index (χ0v) is 20.1. The van der Waals surface area contributed by atoms with Crippen molar-refractivity contribution < 1.29 is 4.74 Å². The van der Waals surface area contributed by atoms with Gasteiger partial charge in [0.25, 0.3) is 0 Å². The third-order valence-electron chi connectivity index (χ3n) is 6.46. The van der Waals surface area contributed by atoms with Crippen molar-refractivity contribution in [1.29, 1.82) is 0 Å². The molecule has 1 aromatic carbocycles. The molecule has 0 radical (unpaired) electrons. The number of ether oxygens (including phenoxy) is 1. The number of imidazole rings is 1. The third-order valence-corrected chi connectivity index (χ3v) is 6.46. The molecule has 35 heavy (non-hydrogen) atoms. The zero-order chi connectivity index (χ0) is 24.2. The third kappa shape index (κ3) is 5.18. The minimum absolute atomic E-state index is 0.410. The molecule has 2 aliphatic heterocycles. The second-order valence-corrected chi connectivity index (χ2v) is 8.70. The summed E-state index contributed by atoms with van der Waals surface area (Å²) in [7, 11) is 1.64. The van der Waals surface area contributed by atoms with Crippen LogP contribution in [0.3, 0.4) is 0 Å². The largest absolute Gasteiger partial charge is 0.383 e. The summed E-state index contributed by atoms with van der Waals surface area (Å²) < 4.78 is 7.28. The molecule has 10 nitrogen and oxygen atoms in total. The Morgan fingerprint density at radius 2 is 1.94 bits per heavy atom. The zero-order valence-electron chi connectivity index (χ0n) is 20.1. The Kier molecular flexibility index (Phi) is 6.73. The van der Waals surface area contributed by atoms with E-state index >= 15 is 0 Å². The van der Waals surface area contributed by atoms with E-state index in [1.54, 1.807) is 19.4 Å². The Balaban J connectivity index is 1.28. The van der Waals surface area contributed by atoms with Gasteiger partial charge in [0, 0.05) is 69.4 Å². The summed E-state index contributed by atoms with van der Waals surface area (Å²) in [6.45, 7) is 7.81. The first kappa shape index (κ1) is 23.0. The van der Waals surface area contributed by atoms with Crippen molar-refractivity contribution in [2.45, 2.75) is 13.0 Å². The first-order valence-electron chi connectivity index (χ1n) is 11.8. The highest BCUT2D eigenvalue weighted by atomic mass is 16.5. The number of nitrogens with zero attached hydrogens (tertiary/aromatic N) is 7. The average Bonchev–Trinajstić information content (AvgIpc) is 3.32. The lowest BCUT2D eigenvalue weighted by Crippen LogP contribution is -2.56. The van der Waals surface area contributed by atoms with Crippen molar-refractivity contribution in [1.82, 2.24) is 19.3 Å². The molecule has 0 amide bonds. The number of hydrogen-bond acceptors (Lipinski definition) is 8. The summed E-state index contributed by atoms with van der Waals surface area (Å²) in [5.74, 6) is 1.09. The van der Waals surface area contributed by atoms with Gasteiger partial charge in [0.2, 0.25) is 0 Å². The number of nitrogens with one attached hydrogen (secondary N) is 1. The van der Waals surface area contributed by atoms with Gasteiger partial charge in [0.1, 0.15) is 5.84 Å². The Bertz CT molecular complexity index is 1250. The molecule has 182 valence electrons. The van der Waals surface area contributed by atoms with Crippen LogP contribution in [0, 0.1) is 0 Å². The number of anilines is 3. The lowest BCUT2D eigenvalue weighted by atomic mass is 10.1. The van der Waals surface area contributed by atoms with Gasteiger partial charge in [-0.25, -0.2) is 9.97 Å². The summed E-state index contributed by atoms with van der Waals surface area (Å²) in [6, 6.07) is 9.11. The number of nitrogens with two attached hydrogens (primary N) is 1. The molecule has 3 N–H and O–H groups in total. The molecule has 10 heteroatoms. The van der Waals surface area contributed by atoms with Gasteiger partial charge in [-0.2, -0.15) is 0 Å². The molecule has 0 spiro atoms. The summed E-state index contributed by atoms with van der Waals surface area (Å²) in [4.78, 5) is 22.4. The molecule has 2 saturated heterocycles. The number of hydrogen-bond donors (Lipinski definition) is 2. The van der Waals surface area contributed by atoms with Crippen LogP contribution in [0.2, 0.25) is 0 Å². The summed E-state index contributed by atoms with van der Waals surface area (Å²) in [5, 5.41) is 3.42. The predicted octanol–water partition coefficient (Wildman–Crippen LogP) is 2.41. The van der Waals surface area contributed by atoms with E-state index in [4.69, 9.17) is 15.5 Å². The van der Waals surface area contributed by atoms with Crippen molar-refractivity contribution in [2.75, 3.05) is 56.7 Å². The molecule has 2 aliphatic rings. The van der Waals surface area contributed by atoms with E-state index in [0.29, 0.717) is 23.4 Å². The summed E-state index contributed by atoms with van der Waals surface area (Å²) >= 11 is 0. The van der Waals surface area contributed by atoms with Gasteiger partial charge in [-0.15, -0.1) is 0 Å². The molecule has 0 atom stereocenters. The average molecular weight is 474 g/mol. The minimum atomic E-state index is 0.410. The summed E-state index contributed by atoms with van der Waals surface area (Å²) in [5.41, 5.74) is 10.1. The van der Waals surface area contributed by atoms with Gasteiger partial charge in [-0.05, 0) is 37.3 Å². The quantitative estimate of drug-likeness (QED) is 0.401. The molecule has 0 bridgehead atoms. The predicted molar refractivity (Wildman–Crippen MR) is 141 cm³/mol. The topological polar surface area (TPSA) is 109 Å². The first-order valence-corrected chi connectivity index (χ1v) is 11.8. The fourth-order valence-corrected chi connectivity index (χ4v) is 4.24. The Hall–Kier alpha value is -3.76. The van der Waals surface area contributed by atoms with E-state index in [9.17, 15) is 0 Å². The molecule has 2 fully saturated rings. The van der Waals surface area contributed by atoms with Gasteiger partial charge in [0.05, 0.1) is 30.7 Å². The Morgan fingerprint density at radius 3 is 2.63 bits per heavy atom. The normalized spacial score (nSPS) is 18.4. The highest BCUT2D eigenvalue weighted by molar-refractivity contribution is 6.40. The first-order chi connectivity index (χ1) is 17.1. The van der Waals surface area contributed by atoms with Crippen molar-refractivity contribution in [3.63, 3.8) is 0 Å². The van der Waals surface area contributed by atoms with Gasteiger partial charge in [-0.3, -0.25) is 14.9 Å². The molecule has 5 rings (SSSR count). The monoisotopic (exact) mass is 473 g/mol. The van der Waals surface area contributed by atoms with Crippen LogP contribution in [0.25, 0.3) is 11.7 Å². The highest BCUT2D eigenvalue weighted by Gasteiger charge is 2.28. The Morgan fingerprint density at radius 1 is 1.17 bits per heavy atom. The number of piperazine rings is 1. The van der Waals surface area contributed by atoms with Crippen molar-refractivity contribution in [3.8, 4) is 0 Å². The number of benzene rings is 1. The number of aliphatic imine (C=N–C) groups is 2. The van der Waals surface area contributed by atoms with Crippen LogP contribution in [0.4, 0.5) is 17.2 Å². The van der Waals surface area contributed by atoms with Gasteiger partial charge >= 0.3 is 0 Å². The molecule has 3 aromatic rings. The van der Waals surface area contributed by atoms with E-state index in [0.717, 1.165) is 56.4 Å². The van der Waals surface area contributed by atoms with Crippen LogP contribution < -0.4 is 16.0 Å². The Labute approximate surface area is 204 Å². The van der Waals surface area contributed by atoms with Crippen LogP contribution in [0.5, 0.6) is 0 Å². The number of fused-ring (bicyclic) bond motifs is 1. The van der Waals surface area contributed by atoms with Crippen molar-refractivity contribution in [3.05, 3.63) is 54.7 Å². The standard InChI is InChI=1S/C25H31N9O/c1-18(23(26)27-2)28-8-7-20-15-34-10-9-29-25(34)24(31-20)30-19-3-5-21(6-4-19)32-11-13-33(14-12-32)22-16-35-17-22/h3-10,15,22H,11-14,16-17H2,1-2H3,(H2,26,27)(H,30,31)/b8-7+,28-18?. The fraction of sp³-hybridized carbons (Fsp3) is 0.360.